The van der Waals surface area contributed by atoms with Gasteiger partial charge in [-0.2, -0.15) is 0 Å². The zero-order valence-corrected chi connectivity index (χ0v) is 13.1. The minimum Gasteiger partial charge on any atom is -0.481 e. The molecule has 2 heterocycles. The second-order valence-corrected chi connectivity index (χ2v) is 5.58. The highest BCUT2D eigenvalue weighted by Gasteiger charge is 2.13. The molecule has 0 bridgehead atoms. The van der Waals surface area contributed by atoms with Gasteiger partial charge in [-0.15, -0.1) is 0 Å². The summed E-state index contributed by atoms with van der Waals surface area (Å²) in [6, 6.07) is 9.60. The molecule has 23 heavy (non-hydrogen) atoms. The molecule has 0 amide bonds. The van der Waals surface area contributed by atoms with E-state index in [1.807, 2.05) is 36.5 Å². The Morgan fingerprint density at radius 1 is 1.30 bits per heavy atom. The Labute approximate surface area is 134 Å². The molecule has 0 spiro atoms. The number of unbranched alkanes of at least 4 members (excludes halogenated alkanes) is 1. The van der Waals surface area contributed by atoms with Gasteiger partial charge in [-0.3, -0.25) is 9.78 Å². The lowest BCUT2D eigenvalue weighted by molar-refractivity contribution is -0.136. The normalized spacial score (nSPS) is 11.0. The van der Waals surface area contributed by atoms with E-state index in [0.29, 0.717) is 0 Å². The fraction of sp³-hybridized carbons (Fsp3) is 0.278. The molecule has 0 aliphatic heterocycles. The van der Waals surface area contributed by atoms with Gasteiger partial charge in [0.1, 0.15) is 5.82 Å². The molecule has 0 atom stereocenters. The third-order valence-electron chi connectivity index (χ3n) is 3.82. The van der Waals surface area contributed by atoms with Crippen LogP contribution in [0.15, 0.2) is 42.7 Å². The summed E-state index contributed by atoms with van der Waals surface area (Å²) in [5.74, 6) is 0.0521. The number of carboxylic acids is 1. The van der Waals surface area contributed by atoms with Crippen LogP contribution in [0, 0.1) is 0 Å². The van der Waals surface area contributed by atoms with Gasteiger partial charge in [0.25, 0.3) is 0 Å². The largest absolute Gasteiger partial charge is 0.481 e. The van der Waals surface area contributed by atoms with Crippen molar-refractivity contribution in [2.24, 2.45) is 0 Å². The van der Waals surface area contributed by atoms with Crippen molar-refractivity contribution < 1.29 is 9.90 Å². The Balaban J connectivity index is 2.11. The number of benzene rings is 1. The number of nitrogens with zero attached hydrogens (tertiary/aromatic N) is 3. The summed E-state index contributed by atoms with van der Waals surface area (Å²) in [7, 11) is 0. The summed E-state index contributed by atoms with van der Waals surface area (Å²) in [4.78, 5) is 19.8. The number of aryl methyl sites for hydroxylation is 1. The first kappa shape index (κ1) is 15.2. The topological polar surface area (TPSA) is 68.0 Å². The number of pyridine rings is 1. The number of hydrogen-bond donors (Lipinski definition) is 1. The van der Waals surface area contributed by atoms with Crippen LogP contribution in [0.3, 0.4) is 0 Å². The maximum Gasteiger partial charge on any atom is 0.307 e. The first-order valence-corrected chi connectivity index (χ1v) is 7.80. The summed E-state index contributed by atoms with van der Waals surface area (Å²) in [6.45, 7) is 3.04. The Hall–Kier alpha value is -2.69. The molecule has 1 aromatic carbocycles. The molecular weight excluding hydrogens is 290 g/mol. The molecule has 0 aliphatic carbocycles. The zero-order valence-electron chi connectivity index (χ0n) is 13.1. The third-order valence-corrected chi connectivity index (χ3v) is 3.82. The van der Waals surface area contributed by atoms with Crippen LogP contribution in [0.1, 0.15) is 25.3 Å². The number of rotatable bonds is 6. The number of carboxylic acid groups (broad SMARTS) is 1. The van der Waals surface area contributed by atoms with Crippen molar-refractivity contribution in [2.45, 2.75) is 32.7 Å². The van der Waals surface area contributed by atoms with Gasteiger partial charge in [0, 0.05) is 24.5 Å². The van der Waals surface area contributed by atoms with Crippen molar-refractivity contribution in [2.75, 3.05) is 0 Å². The van der Waals surface area contributed by atoms with Crippen LogP contribution >= 0.6 is 0 Å². The zero-order chi connectivity index (χ0) is 16.2. The molecule has 0 aliphatic rings. The molecule has 0 fully saturated rings. The van der Waals surface area contributed by atoms with Gasteiger partial charge >= 0.3 is 5.97 Å². The summed E-state index contributed by atoms with van der Waals surface area (Å²) < 4.78 is 2.19. The van der Waals surface area contributed by atoms with Crippen LogP contribution in [-0.4, -0.2) is 25.6 Å². The Bertz CT molecular complexity index is 825. The first-order valence-electron chi connectivity index (χ1n) is 7.80. The van der Waals surface area contributed by atoms with Crippen LogP contribution in [0.25, 0.3) is 22.4 Å². The van der Waals surface area contributed by atoms with Crippen LogP contribution in [0.2, 0.25) is 0 Å². The fourth-order valence-corrected chi connectivity index (χ4v) is 2.72. The molecule has 0 saturated carbocycles. The second-order valence-electron chi connectivity index (χ2n) is 5.58. The van der Waals surface area contributed by atoms with E-state index in [-0.39, 0.29) is 6.42 Å². The van der Waals surface area contributed by atoms with E-state index in [0.717, 1.165) is 47.4 Å². The summed E-state index contributed by atoms with van der Waals surface area (Å²) in [5.41, 5.74) is 3.60. The number of aromatic nitrogens is 3. The van der Waals surface area contributed by atoms with E-state index in [1.165, 1.54) is 0 Å². The predicted molar refractivity (Wildman–Crippen MR) is 89.2 cm³/mol. The maximum absolute atomic E-state index is 10.9. The highest BCUT2D eigenvalue weighted by atomic mass is 16.4. The van der Waals surface area contributed by atoms with Gasteiger partial charge in [-0.1, -0.05) is 19.4 Å². The minimum absolute atomic E-state index is 0.0139. The number of aliphatic carboxylic acids is 1. The standard InChI is InChI=1S/C18H19N3O2/c1-2-3-9-21-16-7-6-13(11-17(22)23)10-15(16)20-18(21)14-5-4-8-19-12-14/h4-8,10,12H,2-3,9,11H2,1H3,(H,22,23). The third kappa shape index (κ3) is 3.23. The second kappa shape index (κ2) is 6.60. The number of imidazole rings is 1. The molecule has 0 radical (unpaired) electrons. The molecule has 3 aromatic rings. The van der Waals surface area contributed by atoms with Crippen LogP contribution in [0.5, 0.6) is 0 Å². The monoisotopic (exact) mass is 309 g/mol. The lowest BCUT2D eigenvalue weighted by Gasteiger charge is -2.08. The lowest BCUT2D eigenvalue weighted by atomic mass is 10.1. The molecule has 0 saturated heterocycles. The Kier molecular flexibility index (Phi) is 4.37. The molecule has 118 valence electrons. The van der Waals surface area contributed by atoms with E-state index in [2.05, 4.69) is 16.5 Å². The molecular formula is C18H19N3O2. The van der Waals surface area contributed by atoms with Gasteiger partial charge in [-0.25, -0.2) is 4.98 Å². The summed E-state index contributed by atoms with van der Waals surface area (Å²) in [5, 5.41) is 8.96. The predicted octanol–water partition coefficient (Wildman–Crippen LogP) is 3.53. The minimum atomic E-state index is -0.831. The van der Waals surface area contributed by atoms with Crippen LogP contribution in [-0.2, 0) is 17.8 Å². The van der Waals surface area contributed by atoms with Gasteiger partial charge in [0.15, 0.2) is 0 Å². The molecule has 5 heteroatoms. The average molecular weight is 309 g/mol. The molecule has 0 unspecified atom stereocenters. The number of hydrogen-bond acceptors (Lipinski definition) is 3. The smallest absolute Gasteiger partial charge is 0.307 e. The highest BCUT2D eigenvalue weighted by molar-refractivity contribution is 5.82. The van der Waals surface area contributed by atoms with Gasteiger partial charge < -0.3 is 9.67 Å². The van der Waals surface area contributed by atoms with Crippen molar-refractivity contribution in [1.29, 1.82) is 0 Å². The van der Waals surface area contributed by atoms with Gasteiger partial charge in [0.2, 0.25) is 0 Å². The maximum atomic E-state index is 10.9. The van der Waals surface area contributed by atoms with Crippen LogP contribution in [0.4, 0.5) is 0 Å². The number of fused-ring (bicyclic) bond motifs is 1. The fourth-order valence-electron chi connectivity index (χ4n) is 2.72. The van der Waals surface area contributed by atoms with Crippen molar-refractivity contribution in [3.8, 4) is 11.4 Å². The number of carbonyl (C=O) groups is 1. The molecule has 2 aromatic heterocycles. The molecule has 1 N–H and O–H groups in total. The van der Waals surface area contributed by atoms with Crippen molar-refractivity contribution in [3.63, 3.8) is 0 Å². The van der Waals surface area contributed by atoms with Crippen molar-refractivity contribution >= 4 is 17.0 Å². The van der Waals surface area contributed by atoms with E-state index in [4.69, 9.17) is 10.1 Å². The Morgan fingerprint density at radius 3 is 2.87 bits per heavy atom. The lowest BCUT2D eigenvalue weighted by Crippen LogP contribution is -2.01. The van der Waals surface area contributed by atoms with Crippen molar-refractivity contribution in [3.05, 3.63) is 48.3 Å². The van der Waals surface area contributed by atoms with Gasteiger partial charge in [0.05, 0.1) is 17.5 Å². The van der Waals surface area contributed by atoms with Crippen LogP contribution < -0.4 is 0 Å². The first-order chi connectivity index (χ1) is 11.2. The van der Waals surface area contributed by atoms with E-state index in [9.17, 15) is 4.79 Å². The summed E-state index contributed by atoms with van der Waals surface area (Å²) >= 11 is 0. The molecule has 5 nitrogen and oxygen atoms in total. The SMILES string of the molecule is CCCCn1c(-c2cccnc2)nc2cc(CC(=O)O)ccc21. The quantitative estimate of drug-likeness (QED) is 0.756. The average Bonchev–Trinajstić information content (AvgIpc) is 2.91. The van der Waals surface area contributed by atoms with Gasteiger partial charge in [-0.05, 0) is 36.2 Å². The molecule has 3 rings (SSSR count). The highest BCUT2D eigenvalue weighted by Crippen LogP contribution is 2.26. The summed E-state index contributed by atoms with van der Waals surface area (Å²) in [6.07, 6.45) is 5.73. The van der Waals surface area contributed by atoms with E-state index in [1.54, 1.807) is 6.20 Å². The Morgan fingerprint density at radius 2 is 2.17 bits per heavy atom. The van der Waals surface area contributed by atoms with E-state index >= 15 is 0 Å². The van der Waals surface area contributed by atoms with E-state index < -0.39 is 5.97 Å². The van der Waals surface area contributed by atoms with Crippen molar-refractivity contribution in [1.82, 2.24) is 14.5 Å².